The quantitative estimate of drug-likeness (QED) is 0.748. The number of nitrogens with one attached hydrogen (secondary N) is 2. The summed E-state index contributed by atoms with van der Waals surface area (Å²) >= 11 is 1.50. The van der Waals surface area contributed by atoms with Gasteiger partial charge in [-0.2, -0.15) is 0 Å². The Balaban J connectivity index is 1.92. The fraction of sp³-hybridized carbons (Fsp3) is 0.250. The minimum absolute atomic E-state index is 0.121. The fourth-order valence-electron chi connectivity index (χ4n) is 2.30. The van der Waals surface area contributed by atoms with Gasteiger partial charge in [-0.1, -0.05) is 0 Å². The van der Waals surface area contributed by atoms with Crippen molar-refractivity contribution in [3.8, 4) is 0 Å². The molecule has 0 bridgehead atoms. The number of thiazole rings is 1. The molecule has 21 heavy (non-hydrogen) atoms. The molecule has 0 saturated heterocycles. The molecule has 0 aliphatic carbocycles. The van der Waals surface area contributed by atoms with Gasteiger partial charge in [-0.3, -0.25) is 10.1 Å². The zero-order valence-corrected chi connectivity index (χ0v) is 13.3. The molecule has 2 N–H and O–H groups in total. The molecule has 0 aliphatic heterocycles. The highest BCUT2D eigenvalue weighted by molar-refractivity contribution is 7.15. The second kappa shape index (κ2) is 5.00. The van der Waals surface area contributed by atoms with E-state index in [-0.39, 0.29) is 5.91 Å². The van der Waals surface area contributed by atoms with Gasteiger partial charge < -0.3 is 4.98 Å². The molecule has 4 nitrogen and oxygen atoms in total. The molecule has 0 aliphatic rings. The van der Waals surface area contributed by atoms with E-state index in [9.17, 15) is 4.79 Å². The monoisotopic (exact) mass is 299 g/mol. The molecule has 1 aromatic carbocycles. The number of amides is 1. The van der Waals surface area contributed by atoms with E-state index in [0.29, 0.717) is 10.7 Å². The van der Waals surface area contributed by atoms with Crippen molar-refractivity contribution in [1.82, 2.24) is 9.97 Å². The third-order valence-corrected chi connectivity index (χ3v) is 4.81. The Hall–Kier alpha value is -2.14. The van der Waals surface area contributed by atoms with Crippen LogP contribution in [0.2, 0.25) is 0 Å². The van der Waals surface area contributed by atoms with E-state index in [0.717, 1.165) is 27.2 Å². The van der Waals surface area contributed by atoms with Crippen LogP contribution in [0.1, 0.15) is 32.2 Å². The highest BCUT2D eigenvalue weighted by Gasteiger charge is 2.12. The van der Waals surface area contributed by atoms with Crippen molar-refractivity contribution in [2.24, 2.45) is 0 Å². The van der Waals surface area contributed by atoms with Gasteiger partial charge in [0, 0.05) is 27.0 Å². The maximum Gasteiger partial charge on any atom is 0.257 e. The predicted molar refractivity (Wildman–Crippen MR) is 87.3 cm³/mol. The molecule has 3 rings (SSSR count). The van der Waals surface area contributed by atoms with Crippen LogP contribution in [0.5, 0.6) is 0 Å². The maximum absolute atomic E-state index is 12.3. The second-order valence-electron chi connectivity index (χ2n) is 5.25. The van der Waals surface area contributed by atoms with E-state index >= 15 is 0 Å². The first kappa shape index (κ1) is 13.8. The van der Waals surface area contributed by atoms with Gasteiger partial charge in [0.1, 0.15) is 0 Å². The number of hydrogen-bond donors (Lipinski definition) is 2. The molecule has 0 atom stereocenters. The lowest BCUT2D eigenvalue weighted by molar-refractivity contribution is 0.102. The zero-order chi connectivity index (χ0) is 15.1. The Morgan fingerprint density at radius 1 is 1.24 bits per heavy atom. The summed E-state index contributed by atoms with van der Waals surface area (Å²) in [5, 5.41) is 4.61. The lowest BCUT2D eigenvalue weighted by Crippen LogP contribution is -2.11. The molecule has 0 fully saturated rings. The summed E-state index contributed by atoms with van der Waals surface area (Å²) in [4.78, 5) is 21.1. The minimum Gasteiger partial charge on any atom is -0.358 e. The molecule has 0 saturated carbocycles. The van der Waals surface area contributed by atoms with Crippen LogP contribution >= 0.6 is 11.3 Å². The third-order valence-electron chi connectivity index (χ3n) is 3.82. The van der Waals surface area contributed by atoms with Crippen molar-refractivity contribution >= 4 is 33.3 Å². The van der Waals surface area contributed by atoms with Gasteiger partial charge in [-0.05, 0) is 51.5 Å². The Kier molecular flexibility index (Phi) is 3.29. The minimum atomic E-state index is -0.121. The van der Waals surface area contributed by atoms with Gasteiger partial charge >= 0.3 is 0 Å². The summed E-state index contributed by atoms with van der Waals surface area (Å²) in [5.74, 6) is -0.121. The molecule has 0 unspecified atom stereocenters. The second-order valence-corrected chi connectivity index (χ2v) is 6.45. The van der Waals surface area contributed by atoms with Crippen molar-refractivity contribution in [3.05, 3.63) is 45.6 Å². The van der Waals surface area contributed by atoms with Crippen LogP contribution in [0.4, 0.5) is 5.13 Å². The van der Waals surface area contributed by atoms with Crippen LogP contribution in [0, 0.1) is 27.7 Å². The SMILES string of the molecule is Cc1nc(NC(=O)c2ccc3[nH]c(C)c(C)c3c2)sc1C. The van der Waals surface area contributed by atoms with Crippen molar-refractivity contribution in [3.63, 3.8) is 0 Å². The number of carbonyl (C=O) groups is 1. The number of carbonyl (C=O) groups excluding carboxylic acids is 1. The Labute approximate surface area is 127 Å². The topological polar surface area (TPSA) is 57.8 Å². The van der Waals surface area contributed by atoms with Gasteiger partial charge in [0.2, 0.25) is 0 Å². The number of H-pyrrole nitrogens is 1. The van der Waals surface area contributed by atoms with Crippen molar-refractivity contribution in [2.75, 3.05) is 5.32 Å². The summed E-state index contributed by atoms with van der Waals surface area (Å²) in [6.07, 6.45) is 0. The molecule has 1 amide bonds. The zero-order valence-electron chi connectivity index (χ0n) is 12.5. The van der Waals surface area contributed by atoms with Crippen molar-refractivity contribution in [2.45, 2.75) is 27.7 Å². The van der Waals surface area contributed by atoms with Gasteiger partial charge in [0.15, 0.2) is 5.13 Å². The van der Waals surface area contributed by atoms with Gasteiger partial charge in [0.25, 0.3) is 5.91 Å². The summed E-state index contributed by atoms with van der Waals surface area (Å²) in [5.41, 5.74) is 4.98. The van der Waals surface area contributed by atoms with Crippen LogP contribution in [-0.2, 0) is 0 Å². The Bertz CT molecular complexity index is 825. The highest BCUT2D eigenvalue weighted by Crippen LogP contribution is 2.24. The molecule has 0 radical (unpaired) electrons. The number of aromatic amines is 1. The lowest BCUT2D eigenvalue weighted by atomic mass is 10.1. The number of benzene rings is 1. The van der Waals surface area contributed by atoms with E-state index in [2.05, 4.69) is 22.2 Å². The largest absolute Gasteiger partial charge is 0.358 e. The molecule has 0 spiro atoms. The normalized spacial score (nSPS) is 11.0. The molecular weight excluding hydrogens is 282 g/mol. The predicted octanol–water partition coefficient (Wildman–Crippen LogP) is 4.11. The van der Waals surface area contributed by atoms with Gasteiger partial charge in [0.05, 0.1) is 5.69 Å². The van der Waals surface area contributed by atoms with Gasteiger partial charge in [-0.15, -0.1) is 11.3 Å². The van der Waals surface area contributed by atoms with Crippen LogP contribution in [-0.4, -0.2) is 15.9 Å². The lowest BCUT2D eigenvalue weighted by Gasteiger charge is -2.02. The Morgan fingerprint density at radius 3 is 2.67 bits per heavy atom. The first-order valence-electron chi connectivity index (χ1n) is 6.80. The molecule has 5 heteroatoms. The number of rotatable bonds is 2. The van der Waals surface area contributed by atoms with E-state index in [4.69, 9.17) is 0 Å². The Morgan fingerprint density at radius 2 is 2.00 bits per heavy atom. The maximum atomic E-state index is 12.3. The highest BCUT2D eigenvalue weighted by atomic mass is 32.1. The van der Waals surface area contributed by atoms with Crippen LogP contribution in [0.3, 0.4) is 0 Å². The summed E-state index contributed by atoms with van der Waals surface area (Å²) in [7, 11) is 0. The number of anilines is 1. The van der Waals surface area contributed by atoms with E-state index in [1.807, 2.05) is 39.0 Å². The number of aryl methyl sites for hydroxylation is 4. The summed E-state index contributed by atoms with van der Waals surface area (Å²) in [6.45, 7) is 8.04. The summed E-state index contributed by atoms with van der Waals surface area (Å²) in [6, 6.07) is 5.71. The van der Waals surface area contributed by atoms with Crippen molar-refractivity contribution in [1.29, 1.82) is 0 Å². The smallest absolute Gasteiger partial charge is 0.257 e. The van der Waals surface area contributed by atoms with Gasteiger partial charge in [-0.25, -0.2) is 4.98 Å². The van der Waals surface area contributed by atoms with Crippen LogP contribution < -0.4 is 5.32 Å². The standard InChI is InChI=1S/C16H17N3OS/c1-8-9(2)17-14-6-5-12(7-13(8)14)15(20)19-16-18-10(3)11(4)21-16/h5-7,17H,1-4H3,(H,18,19,20). The van der Waals surface area contributed by atoms with Crippen molar-refractivity contribution < 1.29 is 4.79 Å². The molecular formula is C16H17N3OS. The van der Waals surface area contributed by atoms with E-state index in [1.54, 1.807) is 0 Å². The first-order valence-corrected chi connectivity index (χ1v) is 7.61. The molecule has 108 valence electrons. The number of aromatic nitrogens is 2. The van der Waals surface area contributed by atoms with E-state index in [1.165, 1.54) is 16.9 Å². The number of hydrogen-bond acceptors (Lipinski definition) is 3. The number of fused-ring (bicyclic) bond motifs is 1. The van der Waals surface area contributed by atoms with E-state index < -0.39 is 0 Å². The molecule has 2 heterocycles. The molecule has 3 aromatic rings. The third kappa shape index (κ3) is 2.45. The fourth-order valence-corrected chi connectivity index (χ4v) is 3.11. The summed E-state index contributed by atoms with van der Waals surface area (Å²) < 4.78 is 0. The first-order chi connectivity index (χ1) is 9.95. The number of nitrogens with zero attached hydrogens (tertiary/aromatic N) is 1. The van der Waals surface area contributed by atoms with Crippen LogP contribution in [0.15, 0.2) is 18.2 Å². The average Bonchev–Trinajstić information content (AvgIpc) is 2.90. The van der Waals surface area contributed by atoms with Crippen LogP contribution in [0.25, 0.3) is 10.9 Å². The molecule has 2 aromatic heterocycles. The average molecular weight is 299 g/mol.